The Morgan fingerprint density at radius 1 is 1.11 bits per heavy atom. The first-order valence-electron chi connectivity index (χ1n) is 11.8. The van der Waals surface area contributed by atoms with Gasteiger partial charge in [0.05, 0.1) is 47.8 Å². The van der Waals surface area contributed by atoms with E-state index in [0.717, 1.165) is 5.39 Å². The predicted molar refractivity (Wildman–Crippen MR) is 141 cm³/mol. The van der Waals surface area contributed by atoms with E-state index in [0.29, 0.717) is 28.0 Å². The van der Waals surface area contributed by atoms with Gasteiger partial charge in [0.1, 0.15) is 23.8 Å². The first-order chi connectivity index (χ1) is 18.1. The van der Waals surface area contributed by atoms with Crippen molar-refractivity contribution in [2.75, 3.05) is 7.11 Å². The molecule has 0 radical (unpaired) electrons. The molecule has 2 aromatic carbocycles. The standard InChI is InChI=1S/C28H28F2N2O5S/c1-28(2,3)38(34)32-15-23-26(30)21(7-9-31-23)22-12-17(11-18-8-10-36-27(18)22)16-37-24-6-5-20(29)13-19(24)14-25(33)35-4/h5-13,32H,14-16H2,1-4H3. The molecule has 0 aliphatic rings. The summed E-state index contributed by atoms with van der Waals surface area (Å²) >= 11 is 0. The average Bonchev–Trinajstić information content (AvgIpc) is 3.35. The third-order valence-electron chi connectivity index (χ3n) is 5.77. The van der Waals surface area contributed by atoms with Crippen molar-refractivity contribution in [2.45, 2.75) is 45.1 Å². The number of aromatic nitrogens is 1. The highest BCUT2D eigenvalue weighted by molar-refractivity contribution is 7.84. The maximum Gasteiger partial charge on any atom is 0.310 e. The van der Waals surface area contributed by atoms with E-state index in [1.54, 1.807) is 18.2 Å². The van der Waals surface area contributed by atoms with E-state index >= 15 is 4.39 Å². The number of esters is 1. The molecule has 2 heterocycles. The van der Waals surface area contributed by atoms with Crippen molar-refractivity contribution in [2.24, 2.45) is 0 Å². The molecule has 0 saturated carbocycles. The van der Waals surface area contributed by atoms with E-state index < -0.39 is 33.3 Å². The Morgan fingerprint density at radius 3 is 2.63 bits per heavy atom. The number of ether oxygens (including phenoxy) is 2. The summed E-state index contributed by atoms with van der Waals surface area (Å²) in [4.78, 5) is 15.9. The molecule has 1 unspecified atom stereocenters. The highest BCUT2D eigenvalue weighted by atomic mass is 32.2. The van der Waals surface area contributed by atoms with Crippen LogP contribution in [0.1, 0.15) is 37.6 Å². The second-order valence-corrected chi connectivity index (χ2v) is 11.6. The number of nitrogens with zero attached hydrogens (tertiary/aromatic N) is 1. The van der Waals surface area contributed by atoms with Gasteiger partial charge >= 0.3 is 5.97 Å². The van der Waals surface area contributed by atoms with Crippen LogP contribution in [0.15, 0.2) is 59.3 Å². The molecule has 0 saturated heterocycles. The summed E-state index contributed by atoms with van der Waals surface area (Å²) < 4.78 is 60.4. The number of hydrogen-bond acceptors (Lipinski definition) is 6. The zero-order valence-electron chi connectivity index (χ0n) is 21.5. The number of rotatable bonds is 9. The fourth-order valence-corrected chi connectivity index (χ4v) is 4.51. The minimum Gasteiger partial charge on any atom is -0.489 e. The molecule has 2 aromatic heterocycles. The Balaban J connectivity index is 1.64. The zero-order valence-corrected chi connectivity index (χ0v) is 22.3. The largest absolute Gasteiger partial charge is 0.489 e. The molecule has 0 bridgehead atoms. The van der Waals surface area contributed by atoms with Crippen LogP contribution in [0, 0.1) is 11.6 Å². The number of pyridine rings is 1. The Morgan fingerprint density at radius 2 is 1.89 bits per heavy atom. The Labute approximate surface area is 221 Å². The van der Waals surface area contributed by atoms with Crippen LogP contribution in [0.5, 0.6) is 5.75 Å². The summed E-state index contributed by atoms with van der Waals surface area (Å²) in [6, 6.07) is 10.8. The first kappa shape index (κ1) is 27.4. The summed E-state index contributed by atoms with van der Waals surface area (Å²) in [5, 5.41) is 0.736. The van der Waals surface area contributed by atoms with Gasteiger partial charge in [0, 0.05) is 28.3 Å². The molecular weight excluding hydrogens is 514 g/mol. The number of furan rings is 1. The van der Waals surface area contributed by atoms with Gasteiger partial charge in [0.25, 0.3) is 0 Å². The second-order valence-electron chi connectivity index (χ2n) is 9.60. The second kappa shape index (κ2) is 11.4. The highest BCUT2D eigenvalue weighted by Gasteiger charge is 2.21. The molecule has 200 valence electrons. The van der Waals surface area contributed by atoms with Crippen molar-refractivity contribution in [3.05, 3.63) is 83.4 Å². The lowest BCUT2D eigenvalue weighted by Gasteiger charge is -2.18. The number of halogens is 2. The molecule has 4 aromatic rings. The summed E-state index contributed by atoms with van der Waals surface area (Å²) in [7, 11) is -0.132. The average molecular weight is 543 g/mol. The van der Waals surface area contributed by atoms with E-state index in [-0.39, 0.29) is 30.8 Å². The van der Waals surface area contributed by atoms with Crippen LogP contribution in [-0.2, 0) is 40.1 Å². The normalized spacial score (nSPS) is 12.5. The Hall–Kier alpha value is -3.63. The molecule has 0 aliphatic heterocycles. The van der Waals surface area contributed by atoms with Gasteiger partial charge < -0.3 is 13.9 Å². The smallest absolute Gasteiger partial charge is 0.310 e. The van der Waals surface area contributed by atoms with Gasteiger partial charge in [-0.05, 0) is 68.8 Å². The molecule has 0 spiro atoms. The van der Waals surface area contributed by atoms with E-state index in [1.807, 2.05) is 26.8 Å². The molecule has 0 amide bonds. The lowest BCUT2D eigenvalue weighted by atomic mass is 10.00. The molecule has 0 fully saturated rings. The van der Waals surface area contributed by atoms with Crippen LogP contribution < -0.4 is 9.46 Å². The summed E-state index contributed by atoms with van der Waals surface area (Å²) in [6.45, 7) is 5.52. The molecule has 7 nitrogen and oxygen atoms in total. The van der Waals surface area contributed by atoms with Gasteiger partial charge in [-0.25, -0.2) is 17.7 Å². The lowest BCUT2D eigenvalue weighted by Crippen LogP contribution is -2.33. The maximum atomic E-state index is 15.6. The van der Waals surface area contributed by atoms with Crippen molar-refractivity contribution in [1.29, 1.82) is 0 Å². The molecular formula is C28H28F2N2O5S. The van der Waals surface area contributed by atoms with Crippen molar-refractivity contribution in [3.63, 3.8) is 0 Å². The van der Waals surface area contributed by atoms with Crippen molar-refractivity contribution in [1.82, 2.24) is 9.71 Å². The summed E-state index contributed by atoms with van der Waals surface area (Å²) in [5.41, 5.74) is 2.44. The Kier molecular flexibility index (Phi) is 8.23. The SMILES string of the molecule is COC(=O)Cc1cc(F)ccc1OCc1cc(-c2ccnc(CNS(=O)C(C)(C)C)c2F)c2occc2c1. The summed E-state index contributed by atoms with van der Waals surface area (Å²) in [6.07, 6.45) is 2.86. The van der Waals surface area contributed by atoms with Crippen LogP contribution in [0.3, 0.4) is 0 Å². The van der Waals surface area contributed by atoms with Gasteiger partial charge in [-0.1, -0.05) is 0 Å². The number of methoxy groups -OCH3 is 1. The van der Waals surface area contributed by atoms with E-state index in [9.17, 15) is 13.4 Å². The quantitative estimate of drug-likeness (QED) is 0.276. The fourth-order valence-electron chi connectivity index (χ4n) is 3.81. The number of carbonyl (C=O) groups excluding carboxylic acids is 1. The van der Waals surface area contributed by atoms with E-state index in [1.165, 1.54) is 37.8 Å². The third kappa shape index (κ3) is 6.25. The van der Waals surface area contributed by atoms with Gasteiger partial charge in [0.2, 0.25) is 0 Å². The van der Waals surface area contributed by atoms with Crippen molar-refractivity contribution >= 4 is 27.9 Å². The number of benzene rings is 2. The molecule has 1 N–H and O–H groups in total. The van der Waals surface area contributed by atoms with Crippen LogP contribution in [0.4, 0.5) is 8.78 Å². The zero-order chi connectivity index (χ0) is 27.4. The number of nitrogens with one attached hydrogen (secondary N) is 1. The fraction of sp³-hybridized carbons (Fsp3) is 0.286. The lowest BCUT2D eigenvalue weighted by molar-refractivity contribution is -0.139. The number of carbonyl (C=O) groups is 1. The minimum atomic E-state index is -1.39. The monoisotopic (exact) mass is 542 g/mol. The van der Waals surface area contributed by atoms with Crippen LogP contribution >= 0.6 is 0 Å². The molecule has 4 rings (SSSR count). The minimum absolute atomic E-state index is 0.0127. The Bertz CT molecular complexity index is 1500. The third-order valence-corrected chi connectivity index (χ3v) is 7.29. The van der Waals surface area contributed by atoms with Crippen LogP contribution in [0.2, 0.25) is 0 Å². The van der Waals surface area contributed by atoms with Crippen LogP contribution in [-0.4, -0.2) is 27.0 Å². The van der Waals surface area contributed by atoms with E-state index in [4.69, 9.17) is 13.9 Å². The predicted octanol–water partition coefficient (Wildman–Crippen LogP) is 5.62. The number of hydrogen-bond donors (Lipinski definition) is 1. The topological polar surface area (TPSA) is 90.7 Å². The molecule has 10 heteroatoms. The van der Waals surface area contributed by atoms with Gasteiger partial charge in [-0.3, -0.25) is 9.78 Å². The van der Waals surface area contributed by atoms with Gasteiger partial charge in [0.15, 0.2) is 5.82 Å². The highest BCUT2D eigenvalue weighted by Crippen LogP contribution is 2.34. The maximum absolute atomic E-state index is 15.6. The molecule has 38 heavy (non-hydrogen) atoms. The summed E-state index contributed by atoms with van der Waals surface area (Å²) in [5.74, 6) is -1.24. The van der Waals surface area contributed by atoms with Crippen molar-refractivity contribution < 1.29 is 31.7 Å². The van der Waals surface area contributed by atoms with E-state index in [2.05, 4.69) is 9.71 Å². The van der Waals surface area contributed by atoms with Crippen molar-refractivity contribution in [3.8, 4) is 16.9 Å². The van der Waals surface area contributed by atoms with Gasteiger partial charge in [-0.2, -0.15) is 0 Å². The number of fused-ring (bicyclic) bond motifs is 1. The van der Waals surface area contributed by atoms with Crippen LogP contribution in [0.25, 0.3) is 22.1 Å². The first-order valence-corrected chi connectivity index (χ1v) is 13.0. The molecule has 1 atom stereocenters. The molecule has 0 aliphatic carbocycles. The van der Waals surface area contributed by atoms with Gasteiger partial charge in [-0.15, -0.1) is 0 Å².